The lowest BCUT2D eigenvalue weighted by molar-refractivity contribution is 0.100. The van der Waals surface area contributed by atoms with E-state index < -0.39 is 5.91 Å². The Labute approximate surface area is 163 Å². The van der Waals surface area contributed by atoms with E-state index in [2.05, 4.69) is 23.6 Å². The van der Waals surface area contributed by atoms with Crippen molar-refractivity contribution < 1.29 is 4.79 Å². The van der Waals surface area contributed by atoms with Gasteiger partial charge in [0.2, 0.25) is 5.91 Å². The van der Waals surface area contributed by atoms with Crippen LogP contribution in [0.2, 0.25) is 5.02 Å². The van der Waals surface area contributed by atoms with Gasteiger partial charge >= 0.3 is 0 Å². The second-order valence-corrected chi connectivity index (χ2v) is 7.23. The molecule has 0 aliphatic carbocycles. The third-order valence-electron chi connectivity index (χ3n) is 4.91. The van der Waals surface area contributed by atoms with Gasteiger partial charge in [-0.15, -0.1) is 0 Å². The highest BCUT2D eigenvalue weighted by atomic mass is 35.5. The molecule has 0 aliphatic heterocycles. The Morgan fingerprint density at radius 2 is 1.89 bits per heavy atom. The summed E-state index contributed by atoms with van der Waals surface area (Å²) in [5.41, 5.74) is 10.6. The number of nitrogens with zero attached hydrogens (tertiary/aromatic N) is 1. The Bertz CT molecular complexity index is 1140. The van der Waals surface area contributed by atoms with Crippen LogP contribution in [0, 0.1) is 6.07 Å². The summed E-state index contributed by atoms with van der Waals surface area (Å²) in [7, 11) is 0. The molecule has 0 spiro atoms. The lowest BCUT2D eigenvalue weighted by Crippen LogP contribution is -2.11. The summed E-state index contributed by atoms with van der Waals surface area (Å²) >= 11 is 6.03. The van der Waals surface area contributed by atoms with Gasteiger partial charge in [-0.1, -0.05) is 49.2 Å². The molecule has 4 aromatic rings. The second kappa shape index (κ2) is 7.09. The van der Waals surface area contributed by atoms with E-state index in [1.807, 2.05) is 42.5 Å². The second-order valence-electron chi connectivity index (χ2n) is 6.79. The number of rotatable bonds is 5. The highest BCUT2D eigenvalue weighted by Gasteiger charge is 2.17. The highest BCUT2D eigenvalue weighted by molar-refractivity contribution is 6.30. The molecule has 1 radical (unpaired) electrons. The van der Waals surface area contributed by atoms with Crippen molar-refractivity contribution in [1.82, 2.24) is 4.57 Å². The van der Waals surface area contributed by atoms with Gasteiger partial charge in [-0.05, 0) is 53.9 Å². The van der Waals surface area contributed by atoms with E-state index in [0.717, 1.165) is 45.2 Å². The van der Waals surface area contributed by atoms with Crippen LogP contribution in [-0.4, -0.2) is 10.5 Å². The maximum atomic E-state index is 12.0. The minimum atomic E-state index is -0.419. The van der Waals surface area contributed by atoms with Gasteiger partial charge in [-0.25, -0.2) is 0 Å². The first kappa shape index (κ1) is 17.6. The molecule has 4 rings (SSSR count). The lowest BCUT2D eigenvalue weighted by atomic mass is 10.0. The number of hydrogen-bond acceptors (Lipinski definition) is 1. The van der Waals surface area contributed by atoms with Crippen molar-refractivity contribution in [1.29, 1.82) is 0 Å². The molecule has 0 saturated carbocycles. The van der Waals surface area contributed by atoms with Gasteiger partial charge in [0.15, 0.2) is 0 Å². The van der Waals surface area contributed by atoms with E-state index in [1.54, 1.807) is 6.07 Å². The van der Waals surface area contributed by atoms with Crippen LogP contribution in [0.1, 0.15) is 34.8 Å². The lowest BCUT2D eigenvalue weighted by Gasteiger charge is -2.09. The highest BCUT2D eigenvalue weighted by Crippen LogP contribution is 2.33. The molecule has 1 amide bonds. The fourth-order valence-corrected chi connectivity index (χ4v) is 3.81. The Hall–Kier alpha value is -2.78. The zero-order valence-electron chi connectivity index (χ0n) is 15.1. The van der Waals surface area contributed by atoms with Crippen molar-refractivity contribution in [2.24, 2.45) is 5.73 Å². The summed E-state index contributed by atoms with van der Waals surface area (Å²) < 4.78 is 2.23. The SMILES string of the molecule is CCCc1c[c]c2c3c(C(N)=O)cccc3n(Cc3ccc(Cl)cc3)c2c1. The van der Waals surface area contributed by atoms with Gasteiger partial charge in [0.05, 0.1) is 11.0 Å². The number of carbonyl (C=O) groups is 1. The number of benzene rings is 3. The molecule has 0 bridgehead atoms. The van der Waals surface area contributed by atoms with Crippen LogP contribution in [0.4, 0.5) is 0 Å². The monoisotopic (exact) mass is 375 g/mol. The fraction of sp³-hybridized carbons (Fsp3) is 0.174. The van der Waals surface area contributed by atoms with Crippen LogP contribution < -0.4 is 5.73 Å². The maximum absolute atomic E-state index is 12.0. The van der Waals surface area contributed by atoms with Gasteiger partial charge in [0.1, 0.15) is 0 Å². The third kappa shape index (κ3) is 3.19. The number of hydrogen-bond donors (Lipinski definition) is 1. The molecule has 0 saturated heterocycles. The fourth-order valence-electron chi connectivity index (χ4n) is 3.68. The molecule has 3 nitrogen and oxygen atoms in total. The predicted octanol–water partition coefficient (Wildman–Crippen LogP) is 5.35. The molecule has 0 unspecified atom stereocenters. The zero-order chi connectivity index (χ0) is 19.0. The number of nitrogens with two attached hydrogens (primary N) is 1. The summed E-state index contributed by atoms with van der Waals surface area (Å²) in [4.78, 5) is 12.0. The maximum Gasteiger partial charge on any atom is 0.249 e. The summed E-state index contributed by atoms with van der Waals surface area (Å²) in [6, 6.07) is 21.2. The van der Waals surface area contributed by atoms with E-state index in [4.69, 9.17) is 17.3 Å². The Balaban J connectivity index is 2.00. The molecule has 135 valence electrons. The van der Waals surface area contributed by atoms with E-state index in [9.17, 15) is 4.79 Å². The minimum Gasteiger partial charge on any atom is -0.366 e. The number of amides is 1. The van der Waals surface area contributed by atoms with Crippen LogP contribution >= 0.6 is 11.6 Å². The number of fused-ring (bicyclic) bond motifs is 3. The molecule has 27 heavy (non-hydrogen) atoms. The van der Waals surface area contributed by atoms with Gasteiger partial charge in [-0.2, -0.15) is 0 Å². The van der Waals surface area contributed by atoms with Gasteiger partial charge in [-0.3, -0.25) is 4.79 Å². The molecule has 2 N–H and O–H groups in total. The summed E-state index contributed by atoms with van der Waals surface area (Å²) in [6.45, 7) is 2.85. The molecule has 0 atom stereocenters. The van der Waals surface area contributed by atoms with Crippen molar-refractivity contribution in [2.45, 2.75) is 26.3 Å². The van der Waals surface area contributed by atoms with Crippen LogP contribution in [-0.2, 0) is 13.0 Å². The Morgan fingerprint density at radius 3 is 2.59 bits per heavy atom. The van der Waals surface area contributed by atoms with Gasteiger partial charge in [0.25, 0.3) is 0 Å². The van der Waals surface area contributed by atoms with E-state index in [1.165, 1.54) is 5.56 Å². The smallest absolute Gasteiger partial charge is 0.249 e. The molecular weight excluding hydrogens is 356 g/mol. The Morgan fingerprint density at radius 1 is 1.11 bits per heavy atom. The van der Waals surface area contributed by atoms with Crippen LogP contribution in [0.15, 0.2) is 54.6 Å². The predicted molar refractivity (Wildman–Crippen MR) is 111 cm³/mol. The standard InChI is InChI=1S/C23H20ClN2O/c1-2-4-15-9-12-18-21(13-15)26(14-16-7-10-17(24)11-8-16)20-6-3-5-19(22(18)20)23(25)27/h3,5-11,13H,2,4,14H2,1H3,(H2,25,27). The molecule has 0 fully saturated rings. The average Bonchev–Trinajstić information content (AvgIpc) is 2.97. The molecule has 0 aliphatic rings. The Kier molecular flexibility index (Phi) is 4.63. The third-order valence-corrected chi connectivity index (χ3v) is 5.16. The number of halogens is 1. The van der Waals surface area contributed by atoms with Gasteiger partial charge < -0.3 is 10.3 Å². The van der Waals surface area contributed by atoms with Crippen molar-refractivity contribution in [3.8, 4) is 0 Å². The first-order valence-corrected chi connectivity index (χ1v) is 9.46. The van der Waals surface area contributed by atoms with Crippen LogP contribution in [0.25, 0.3) is 21.8 Å². The number of primary amides is 1. The first-order valence-electron chi connectivity index (χ1n) is 9.08. The summed E-state index contributed by atoms with van der Waals surface area (Å²) in [5, 5.41) is 2.53. The largest absolute Gasteiger partial charge is 0.366 e. The van der Waals surface area contributed by atoms with E-state index >= 15 is 0 Å². The summed E-state index contributed by atoms with van der Waals surface area (Å²) in [6.07, 6.45) is 2.07. The van der Waals surface area contributed by atoms with Crippen molar-refractivity contribution in [2.75, 3.05) is 0 Å². The van der Waals surface area contributed by atoms with Gasteiger partial charge in [0, 0.05) is 27.9 Å². The zero-order valence-corrected chi connectivity index (χ0v) is 15.9. The summed E-state index contributed by atoms with van der Waals surface area (Å²) in [5.74, 6) is -0.419. The normalized spacial score (nSPS) is 11.3. The van der Waals surface area contributed by atoms with Crippen LogP contribution in [0.5, 0.6) is 0 Å². The molecule has 4 heteroatoms. The first-order chi connectivity index (χ1) is 13.1. The van der Waals surface area contributed by atoms with E-state index in [0.29, 0.717) is 12.1 Å². The average molecular weight is 376 g/mol. The minimum absolute atomic E-state index is 0.419. The molecule has 3 aromatic carbocycles. The van der Waals surface area contributed by atoms with Crippen LogP contribution in [0.3, 0.4) is 0 Å². The van der Waals surface area contributed by atoms with Crippen molar-refractivity contribution >= 4 is 39.3 Å². The topological polar surface area (TPSA) is 48.0 Å². The number of carbonyl (C=O) groups excluding carboxylic acids is 1. The quantitative estimate of drug-likeness (QED) is 0.502. The number of aryl methyl sites for hydroxylation is 1. The molecule has 1 heterocycles. The molecule has 1 aromatic heterocycles. The molecular formula is C23H20ClN2O. The van der Waals surface area contributed by atoms with E-state index in [-0.39, 0.29) is 0 Å². The van der Waals surface area contributed by atoms with Crippen molar-refractivity contribution in [3.05, 3.63) is 82.4 Å². The van der Waals surface area contributed by atoms with Crippen molar-refractivity contribution in [3.63, 3.8) is 0 Å². The number of aromatic nitrogens is 1.